The van der Waals surface area contributed by atoms with E-state index < -0.39 is 17.8 Å². The second-order valence-corrected chi connectivity index (χ2v) is 6.19. The number of allylic oxidation sites excluding steroid dienone is 2. The summed E-state index contributed by atoms with van der Waals surface area (Å²) < 4.78 is 5.63. The van der Waals surface area contributed by atoms with E-state index in [1.165, 1.54) is 12.1 Å². The number of fused-ring (bicyclic) bond motifs is 1. The molecule has 0 unspecified atom stereocenters. The van der Waals surface area contributed by atoms with Gasteiger partial charge in [-0.3, -0.25) is 4.79 Å². The SMILES string of the molecule is CC(C)=CCC[C@](C)(O)[C@@H]1Oc2ccc(C=O)c(O)c2[C@@H]1O. The van der Waals surface area contributed by atoms with Crippen LogP contribution in [0, 0.1) is 0 Å². The first-order valence-electron chi connectivity index (χ1n) is 7.29. The number of aromatic hydroxyl groups is 1. The lowest BCUT2D eigenvalue weighted by atomic mass is 9.88. The molecule has 3 N–H and O–H groups in total. The van der Waals surface area contributed by atoms with Gasteiger partial charge in [-0.25, -0.2) is 0 Å². The van der Waals surface area contributed by atoms with Crippen LogP contribution in [0.15, 0.2) is 23.8 Å². The fourth-order valence-electron chi connectivity index (χ4n) is 2.71. The number of aldehydes is 1. The molecule has 1 aliphatic heterocycles. The molecule has 0 aliphatic carbocycles. The van der Waals surface area contributed by atoms with Crippen molar-refractivity contribution in [1.29, 1.82) is 0 Å². The number of hydrogen-bond donors (Lipinski definition) is 3. The molecule has 1 aliphatic rings. The normalized spacial score (nSPS) is 22.4. The molecule has 0 amide bonds. The minimum absolute atomic E-state index is 0.0891. The molecule has 0 saturated heterocycles. The molecular weight excluding hydrogens is 284 g/mol. The third-order valence-electron chi connectivity index (χ3n) is 3.99. The number of benzene rings is 1. The molecular formula is C17H22O5. The van der Waals surface area contributed by atoms with Crippen molar-refractivity contribution < 1.29 is 24.9 Å². The number of rotatable bonds is 5. The summed E-state index contributed by atoms with van der Waals surface area (Å²) in [7, 11) is 0. The highest BCUT2D eigenvalue weighted by atomic mass is 16.5. The van der Waals surface area contributed by atoms with Crippen LogP contribution in [0.3, 0.4) is 0 Å². The van der Waals surface area contributed by atoms with E-state index in [0.29, 0.717) is 24.9 Å². The first-order valence-corrected chi connectivity index (χ1v) is 7.29. The van der Waals surface area contributed by atoms with Crippen LogP contribution in [0.4, 0.5) is 0 Å². The predicted molar refractivity (Wildman–Crippen MR) is 82.2 cm³/mol. The number of carbonyl (C=O) groups is 1. The average Bonchev–Trinajstić information content (AvgIpc) is 2.77. The van der Waals surface area contributed by atoms with E-state index in [-0.39, 0.29) is 16.9 Å². The van der Waals surface area contributed by atoms with Gasteiger partial charge < -0.3 is 20.1 Å². The van der Waals surface area contributed by atoms with E-state index >= 15 is 0 Å². The predicted octanol–water partition coefficient (Wildman–Crippen LogP) is 2.50. The van der Waals surface area contributed by atoms with Gasteiger partial charge in [0, 0.05) is 0 Å². The van der Waals surface area contributed by atoms with E-state index in [2.05, 4.69) is 0 Å². The number of phenolic OH excluding ortho intramolecular Hbond substituents is 1. The van der Waals surface area contributed by atoms with Crippen molar-refractivity contribution in [3.05, 3.63) is 34.9 Å². The van der Waals surface area contributed by atoms with Crippen molar-refractivity contribution in [2.75, 3.05) is 0 Å². The van der Waals surface area contributed by atoms with Gasteiger partial charge in [-0.2, -0.15) is 0 Å². The Labute approximate surface area is 129 Å². The van der Waals surface area contributed by atoms with Crippen molar-refractivity contribution >= 4 is 6.29 Å². The van der Waals surface area contributed by atoms with Crippen molar-refractivity contribution in [2.24, 2.45) is 0 Å². The van der Waals surface area contributed by atoms with Crippen LogP contribution in [-0.2, 0) is 0 Å². The number of ether oxygens (including phenoxy) is 1. The highest BCUT2D eigenvalue weighted by Crippen LogP contribution is 2.46. The second-order valence-electron chi connectivity index (χ2n) is 6.19. The first kappa shape index (κ1) is 16.5. The average molecular weight is 306 g/mol. The second kappa shape index (κ2) is 6.10. The van der Waals surface area contributed by atoms with E-state index in [1.807, 2.05) is 19.9 Å². The van der Waals surface area contributed by atoms with Crippen molar-refractivity contribution in [3.63, 3.8) is 0 Å². The summed E-state index contributed by atoms with van der Waals surface area (Å²) in [5.41, 5.74) is 0.140. The number of aliphatic hydroxyl groups excluding tert-OH is 1. The quantitative estimate of drug-likeness (QED) is 0.575. The maximum absolute atomic E-state index is 10.9. The van der Waals surface area contributed by atoms with Crippen LogP contribution in [-0.4, -0.2) is 33.3 Å². The Morgan fingerprint density at radius 1 is 1.41 bits per heavy atom. The summed E-state index contributed by atoms with van der Waals surface area (Å²) in [6, 6.07) is 2.95. The third kappa shape index (κ3) is 3.00. The van der Waals surface area contributed by atoms with E-state index in [9.17, 15) is 20.1 Å². The largest absolute Gasteiger partial charge is 0.507 e. The lowest BCUT2D eigenvalue weighted by Crippen LogP contribution is -2.44. The Kier molecular flexibility index (Phi) is 4.58. The fourth-order valence-corrected chi connectivity index (χ4v) is 2.71. The summed E-state index contributed by atoms with van der Waals surface area (Å²) >= 11 is 0. The molecule has 2 rings (SSSR count). The summed E-state index contributed by atoms with van der Waals surface area (Å²) in [6.07, 6.45) is 1.52. The molecule has 120 valence electrons. The summed E-state index contributed by atoms with van der Waals surface area (Å²) in [4.78, 5) is 10.9. The Bertz CT molecular complexity index is 599. The summed E-state index contributed by atoms with van der Waals surface area (Å²) in [5.74, 6) is 0.00527. The molecule has 5 nitrogen and oxygen atoms in total. The van der Waals surface area contributed by atoms with Gasteiger partial charge in [0.1, 0.15) is 23.2 Å². The van der Waals surface area contributed by atoms with Crippen molar-refractivity contribution in [1.82, 2.24) is 0 Å². The van der Waals surface area contributed by atoms with Crippen LogP contribution >= 0.6 is 0 Å². The van der Waals surface area contributed by atoms with E-state index in [0.717, 1.165) is 5.57 Å². The van der Waals surface area contributed by atoms with Crippen LogP contribution in [0.1, 0.15) is 55.6 Å². The molecule has 1 aromatic rings. The highest BCUT2D eigenvalue weighted by molar-refractivity contribution is 5.81. The zero-order valence-electron chi connectivity index (χ0n) is 13.0. The zero-order chi connectivity index (χ0) is 16.5. The number of carbonyl (C=O) groups excluding carboxylic acids is 1. The topological polar surface area (TPSA) is 87.0 Å². The van der Waals surface area contributed by atoms with Crippen molar-refractivity contribution in [2.45, 2.75) is 51.4 Å². The maximum Gasteiger partial charge on any atom is 0.157 e. The molecule has 0 radical (unpaired) electrons. The molecule has 0 bridgehead atoms. The van der Waals surface area contributed by atoms with Crippen molar-refractivity contribution in [3.8, 4) is 11.5 Å². The monoisotopic (exact) mass is 306 g/mol. The first-order chi connectivity index (χ1) is 10.3. The van der Waals surface area contributed by atoms with Crippen LogP contribution < -0.4 is 4.74 Å². The molecule has 0 spiro atoms. The van der Waals surface area contributed by atoms with Gasteiger partial charge in [0.2, 0.25) is 0 Å². The Morgan fingerprint density at radius 3 is 2.68 bits per heavy atom. The molecule has 0 aromatic heterocycles. The number of aliphatic hydroxyl groups is 2. The van der Waals surface area contributed by atoms with Crippen LogP contribution in [0.5, 0.6) is 11.5 Å². The summed E-state index contributed by atoms with van der Waals surface area (Å²) in [6.45, 7) is 5.55. The molecule has 5 heteroatoms. The van der Waals surface area contributed by atoms with Gasteiger partial charge >= 0.3 is 0 Å². The zero-order valence-corrected chi connectivity index (χ0v) is 13.0. The van der Waals surface area contributed by atoms with Crippen LogP contribution in [0.2, 0.25) is 0 Å². The highest BCUT2D eigenvalue weighted by Gasteiger charge is 2.46. The lowest BCUT2D eigenvalue weighted by molar-refractivity contribution is -0.0914. The fraction of sp³-hybridized carbons (Fsp3) is 0.471. The minimum atomic E-state index is -1.27. The minimum Gasteiger partial charge on any atom is -0.507 e. The van der Waals surface area contributed by atoms with Crippen LogP contribution in [0.25, 0.3) is 0 Å². The van der Waals surface area contributed by atoms with Gasteiger partial charge in [-0.1, -0.05) is 11.6 Å². The summed E-state index contributed by atoms with van der Waals surface area (Å²) in [5, 5.41) is 31.1. The Hall–Kier alpha value is -1.85. The van der Waals surface area contributed by atoms with Gasteiger partial charge in [0.05, 0.1) is 11.1 Å². The molecule has 1 aromatic carbocycles. The molecule has 1 heterocycles. The number of hydrogen-bond acceptors (Lipinski definition) is 5. The van der Waals surface area contributed by atoms with E-state index in [4.69, 9.17) is 4.74 Å². The lowest BCUT2D eigenvalue weighted by Gasteiger charge is -2.31. The van der Waals surface area contributed by atoms with Gasteiger partial charge in [0.25, 0.3) is 0 Å². The molecule has 0 fully saturated rings. The van der Waals surface area contributed by atoms with E-state index in [1.54, 1.807) is 6.92 Å². The third-order valence-corrected chi connectivity index (χ3v) is 3.99. The molecule has 0 saturated carbocycles. The number of phenols is 1. The smallest absolute Gasteiger partial charge is 0.157 e. The Morgan fingerprint density at radius 2 is 2.09 bits per heavy atom. The van der Waals surface area contributed by atoms with Gasteiger partial charge in [-0.05, 0) is 45.7 Å². The molecule has 22 heavy (non-hydrogen) atoms. The van der Waals surface area contributed by atoms with Gasteiger partial charge in [0.15, 0.2) is 12.4 Å². The Balaban J connectivity index is 2.24. The van der Waals surface area contributed by atoms with Gasteiger partial charge in [-0.15, -0.1) is 0 Å². The standard InChI is InChI=1S/C17H22O5/c1-10(2)5-4-8-17(3,21)16-15(20)13-12(22-16)7-6-11(9-18)14(13)19/h5-7,9,15-16,19-21H,4,8H2,1-3H3/t15-,16+,17-/m0/s1. The molecule has 3 atom stereocenters. The maximum atomic E-state index is 10.9.